The molecule has 0 amide bonds. The van der Waals surface area contributed by atoms with Gasteiger partial charge in [0.2, 0.25) is 0 Å². The zero-order valence-corrected chi connectivity index (χ0v) is 11.5. The second-order valence-electron chi connectivity index (χ2n) is 3.95. The van der Waals surface area contributed by atoms with Crippen LogP contribution in [0.3, 0.4) is 0 Å². The minimum absolute atomic E-state index is 0.0133. The molecule has 1 atom stereocenters. The maximum atomic E-state index is 13.8. The molecule has 2 nitrogen and oxygen atoms in total. The van der Waals surface area contributed by atoms with Crippen molar-refractivity contribution in [2.24, 2.45) is 5.73 Å². The summed E-state index contributed by atoms with van der Waals surface area (Å²) in [5.74, 6) is -0.521. The summed E-state index contributed by atoms with van der Waals surface area (Å²) < 4.78 is 19.3. The highest BCUT2D eigenvalue weighted by Gasteiger charge is 2.15. The summed E-state index contributed by atoms with van der Waals surface area (Å²) in [7, 11) is 0. The van der Waals surface area contributed by atoms with Gasteiger partial charge in [0, 0.05) is 11.6 Å². The van der Waals surface area contributed by atoms with Gasteiger partial charge in [-0.05, 0) is 29.8 Å². The molecule has 2 aromatic carbocycles. The molecule has 0 aromatic heterocycles. The van der Waals surface area contributed by atoms with E-state index in [-0.39, 0.29) is 17.3 Å². The predicted molar refractivity (Wildman–Crippen MR) is 75.3 cm³/mol. The first-order valence-corrected chi connectivity index (χ1v) is 6.43. The van der Waals surface area contributed by atoms with Gasteiger partial charge < -0.3 is 10.5 Å². The van der Waals surface area contributed by atoms with Crippen LogP contribution in [0.5, 0.6) is 5.75 Å². The predicted octanol–water partition coefficient (Wildman–Crippen LogP) is 4.21. The van der Waals surface area contributed by atoms with Crippen LogP contribution in [0.4, 0.5) is 4.39 Å². The molecule has 100 valence electrons. The van der Waals surface area contributed by atoms with Crippen molar-refractivity contribution in [1.82, 2.24) is 0 Å². The van der Waals surface area contributed by atoms with Gasteiger partial charge in [-0.2, -0.15) is 0 Å². The van der Waals surface area contributed by atoms with Crippen LogP contribution in [0.2, 0.25) is 10.0 Å². The third-order valence-electron chi connectivity index (χ3n) is 2.62. The largest absolute Gasteiger partial charge is 0.481 e. The van der Waals surface area contributed by atoms with Gasteiger partial charge in [0.25, 0.3) is 0 Å². The van der Waals surface area contributed by atoms with E-state index in [4.69, 9.17) is 33.7 Å². The summed E-state index contributed by atoms with van der Waals surface area (Å²) in [5.41, 5.74) is 6.45. The minimum Gasteiger partial charge on any atom is -0.481 e. The van der Waals surface area contributed by atoms with Crippen LogP contribution in [-0.2, 0) is 0 Å². The molecule has 0 aliphatic rings. The summed E-state index contributed by atoms with van der Waals surface area (Å²) >= 11 is 11.6. The van der Waals surface area contributed by atoms with E-state index in [1.54, 1.807) is 24.3 Å². The van der Waals surface area contributed by atoms with Crippen LogP contribution < -0.4 is 10.5 Å². The van der Waals surface area contributed by atoms with E-state index in [0.717, 1.165) is 5.56 Å². The summed E-state index contributed by atoms with van der Waals surface area (Å²) in [6, 6.07) is 11.7. The van der Waals surface area contributed by atoms with E-state index < -0.39 is 11.9 Å². The smallest absolute Gasteiger partial charge is 0.183 e. The molecular formula is C14H12Cl2FNO. The molecule has 0 radical (unpaired) electrons. The first-order valence-electron chi connectivity index (χ1n) is 5.68. The summed E-state index contributed by atoms with van der Waals surface area (Å²) in [4.78, 5) is 0. The monoisotopic (exact) mass is 299 g/mol. The van der Waals surface area contributed by atoms with Crippen LogP contribution >= 0.6 is 23.2 Å². The van der Waals surface area contributed by atoms with Crippen LogP contribution in [0, 0.1) is 5.82 Å². The number of rotatable bonds is 4. The molecule has 0 heterocycles. The molecular weight excluding hydrogens is 288 g/mol. The van der Waals surface area contributed by atoms with E-state index in [2.05, 4.69) is 0 Å². The van der Waals surface area contributed by atoms with Crippen LogP contribution in [0.15, 0.2) is 42.5 Å². The third-order valence-corrected chi connectivity index (χ3v) is 3.15. The van der Waals surface area contributed by atoms with Crippen molar-refractivity contribution in [3.05, 3.63) is 63.9 Å². The van der Waals surface area contributed by atoms with E-state index in [1.807, 2.05) is 6.07 Å². The van der Waals surface area contributed by atoms with Crippen molar-refractivity contribution in [2.45, 2.75) is 6.10 Å². The molecule has 0 fully saturated rings. The summed E-state index contributed by atoms with van der Waals surface area (Å²) in [6.07, 6.45) is -0.480. The summed E-state index contributed by atoms with van der Waals surface area (Å²) in [5, 5.41) is 0.588. The van der Waals surface area contributed by atoms with Crippen LogP contribution in [0.25, 0.3) is 0 Å². The summed E-state index contributed by atoms with van der Waals surface area (Å²) in [6.45, 7) is 0.201. The van der Waals surface area contributed by atoms with Crippen molar-refractivity contribution >= 4 is 23.2 Å². The van der Waals surface area contributed by atoms with E-state index in [9.17, 15) is 4.39 Å². The van der Waals surface area contributed by atoms with Crippen molar-refractivity contribution in [3.8, 4) is 5.75 Å². The van der Waals surface area contributed by atoms with Gasteiger partial charge in [-0.3, -0.25) is 0 Å². The van der Waals surface area contributed by atoms with Crippen molar-refractivity contribution in [2.75, 3.05) is 6.54 Å². The lowest BCUT2D eigenvalue weighted by atomic mass is 10.1. The Morgan fingerprint density at radius 3 is 2.58 bits per heavy atom. The Balaban J connectivity index is 2.26. The molecule has 19 heavy (non-hydrogen) atoms. The van der Waals surface area contributed by atoms with Crippen molar-refractivity contribution in [1.29, 1.82) is 0 Å². The SMILES string of the molecule is NCC(Oc1cccc(Cl)c1F)c1cccc(Cl)c1. The molecule has 2 aromatic rings. The molecule has 0 bridgehead atoms. The van der Waals surface area contributed by atoms with Gasteiger partial charge >= 0.3 is 0 Å². The number of halogens is 3. The van der Waals surface area contributed by atoms with E-state index >= 15 is 0 Å². The van der Waals surface area contributed by atoms with Gasteiger partial charge in [0.05, 0.1) is 5.02 Å². The first kappa shape index (κ1) is 14.1. The highest BCUT2D eigenvalue weighted by atomic mass is 35.5. The Bertz CT molecular complexity index is 577. The average Bonchev–Trinajstić information content (AvgIpc) is 2.40. The number of hydrogen-bond donors (Lipinski definition) is 1. The fourth-order valence-electron chi connectivity index (χ4n) is 1.69. The second-order valence-corrected chi connectivity index (χ2v) is 4.79. The Hall–Kier alpha value is -1.29. The van der Waals surface area contributed by atoms with Gasteiger partial charge in [-0.1, -0.05) is 41.4 Å². The molecule has 1 unspecified atom stereocenters. The molecule has 0 spiro atoms. The standard InChI is InChI=1S/C14H12Cl2FNO/c15-10-4-1-3-9(7-10)13(8-18)19-12-6-2-5-11(16)14(12)17/h1-7,13H,8,18H2. The maximum Gasteiger partial charge on any atom is 0.183 e. The normalized spacial score (nSPS) is 12.2. The first-order chi connectivity index (χ1) is 9.11. The minimum atomic E-state index is -0.593. The Kier molecular flexibility index (Phi) is 4.64. The van der Waals surface area contributed by atoms with E-state index in [1.165, 1.54) is 12.1 Å². The number of hydrogen-bond acceptors (Lipinski definition) is 2. The van der Waals surface area contributed by atoms with Crippen molar-refractivity contribution in [3.63, 3.8) is 0 Å². The number of ether oxygens (including phenoxy) is 1. The fraction of sp³-hybridized carbons (Fsp3) is 0.143. The van der Waals surface area contributed by atoms with Gasteiger partial charge in [0.15, 0.2) is 11.6 Å². The van der Waals surface area contributed by atoms with Gasteiger partial charge in [0.1, 0.15) is 6.10 Å². The zero-order chi connectivity index (χ0) is 13.8. The van der Waals surface area contributed by atoms with Gasteiger partial charge in [-0.15, -0.1) is 0 Å². The zero-order valence-electron chi connectivity index (χ0n) is 9.95. The molecule has 0 aliphatic heterocycles. The lowest BCUT2D eigenvalue weighted by molar-refractivity contribution is 0.204. The fourth-order valence-corrected chi connectivity index (χ4v) is 2.05. The van der Waals surface area contributed by atoms with Crippen molar-refractivity contribution < 1.29 is 9.13 Å². The number of nitrogens with two attached hydrogens (primary N) is 1. The topological polar surface area (TPSA) is 35.2 Å². The molecule has 2 rings (SSSR count). The maximum absolute atomic E-state index is 13.8. The van der Waals surface area contributed by atoms with E-state index in [0.29, 0.717) is 5.02 Å². The lowest BCUT2D eigenvalue weighted by Gasteiger charge is -2.18. The quantitative estimate of drug-likeness (QED) is 0.918. The molecule has 0 aliphatic carbocycles. The van der Waals surface area contributed by atoms with Gasteiger partial charge in [-0.25, -0.2) is 4.39 Å². The molecule has 5 heteroatoms. The second kappa shape index (κ2) is 6.24. The lowest BCUT2D eigenvalue weighted by Crippen LogP contribution is -2.19. The molecule has 0 saturated carbocycles. The van der Waals surface area contributed by atoms with Crippen LogP contribution in [-0.4, -0.2) is 6.54 Å². The Labute approximate surface area is 120 Å². The highest BCUT2D eigenvalue weighted by Crippen LogP contribution is 2.29. The third kappa shape index (κ3) is 3.38. The molecule has 0 saturated heterocycles. The highest BCUT2D eigenvalue weighted by molar-refractivity contribution is 6.31. The average molecular weight is 300 g/mol. The van der Waals surface area contributed by atoms with Crippen LogP contribution in [0.1, 0.15) is 11.7 Å². The Morgan fingerprint density at radius 2 is 1.89 bits per heavy atom. The molecule has 2 N–H and O–H groups in total. The number of benzene rings is 2. The Morgan fingerprint density at radius 1 is 1.16 bits per heavy atom.